The molecule has 2 amide bonds. The molecule has 35 heavy (non-hydrogen) atoms. The molecule has 0 fully saturated rings. The molecule has 0 radical (unpaired) electrons. The minimum atomic E-state index is -4.62. The average Bonchev–Trinajstić information content (AvgIpc) is 3.23. The first-order valence-electron chi connectivity index (χ1n) is 10.1. The first kappa shape index (κ1) is 24.2. The van der Waals surface area contributed by atoms with E-state index in [0.717, 1.165) is 46.4 Å². The molecule has 4 rings (SSSR count). The predicted molar refractivity (Wildman–Crippen MR) is 116 cm³/mol. The van der Waals surface area contributed by atoms with E-state index in [1.807, 2.05) is 0 Å². The lowest BCUT2D eigenvalue weighted by Gasteiger charge is -2.16. The van der Waals surface area contributed by atoms with Crippen LogP contribution in [0, 0.1) is 5.92 Å². The Morgan fingerprint density at radius 2 is 1.31 bits per heavy atom. The van der Waals surface area contributed by atoms with Crippen LogP contribution in [0.1, 0.15) is 25.0 Å². The Labute approximate surface area is 194 Å². The maximum absolute atomic E-state index is 13.1. The van der Waals surface area contributed by atoms with Crippen molar-refractivity contribution in [1.29, 1.82) is 0 Å². The van der Waals surface area contributed by atoms with E-state index < -0.39 is 41.2 Å². The fourth-order valence-electron chi connectivity index (χ4n) is 3.64. The predicted octanol–water partition coefficient (Wildman–Crippen LogP) is 5.41. The number of hydrazone groups is 2. The standard InChI is InChI=1S/C23H16F6N4O2/c1-12-18(20(34)32(30-12)16-7-3-5-14(9-16)22(24,25)26)11-19-13(2)31-33(21(19)35)17-8-4-6-15(10-17)23(27,28)29/h3-11,18H,1-2H3/b19-11-. The maximum atomic E-state index is 13.1. The normalized spacial score (nSPS) is 20.1. The number of amides is 2. The number of benzene rings is 2. The quantitative estimate of drug-likeness (QED) is 0.423. The third-order valence-electron chi connectivity index (χ3n) is 5.41. The Hall–Kier alpha value is -3.96. The summed E-state index contributed by atoms with van der Waals surface area (Å²) in [5.74, 6) is -2.51. The van der Waals surface area contributed by atoms with Crippen LogP contribution in [0.25, 0.3) is 0 Å². The van der Waals surface area contributed by atoms with Gasteiger partial charge < -0.3 is 0 Å². The van der Waals surface area contributed by atoms with E-state index in [-0.39, 0.29) is 28.4 Å². The Morgan fingerprint density at radius 1 is 0.800 bits per heavy atom. The molecule has 0 spiro atoms. The summed E-state index contributed by atoms with van der Waals surface area (Å²) in [5.41, 5.74) is -1.77. The van der Waals surface area contributed by atoms with Gasteiger partial charge in [0.25, 0.3) is 11.8 Å². The van der Waals surface area contributed by atoms with Crippen LogP contribution in [0.4, 0.5) is 37.7 Å². The summed E-state index contributed by atoms with van der Waals surface area (Å²) in [6, 6.07) is 8.15. The van der Waals surface area contributed by atoms with Gasteiger partial charge in [0.15, 0.2) is 0 Å². The van der Waals surface area contributed by atoms with E-state index in [9.17, 15) is 35.9 Å². The van der Waals surface area contributed by atoms with Crippen molar-refractivity contribution in [3.8, 4) is 0 Å². The summed E-state index contributed by atoms with van der Waals surface area (Å²) in [7, 11) is 0. The van der Waals surface area contributed by atoms with Crippen molar-refractivity contribution >= 4 is 34.6 Å². The summed E-state index contributed by atoms with van der Waals surface area (Å²) in [4.78, 5) is 25.9. The van der Waals surface area contributed by atoms with Crippen LogP contribution in [0.5, 0.6) is 0 Å². The molecule has 2 aromatic rings. The number of hydrogen-bond donors (Lipinski definition) is 0. The van der Waals surface area contributed by atoms with E-state index in [2.05, 4.69) is 10.2 Å². The topological polar surface area (TPSA) is 65.3 Å². The second-order valence-electron chi connectivity index (χ2n) is 7.85. The molecule has 2 aromatic carbocycles. The van der Waals surface area contributed by atoms with Crippen LogP contribution < -0.4 is 10.0 Å². The Bertz CT molecular complexity index is 1310. The number of nitrogens with zero attached hydrogens (tertiary/aromatic N) is 4. The Balaban J connectivity index is 1.61. The molecule has 1 atom stereocenters. The van der Waals surface area contributed by atoms with Crippen molar-refractivity contribution in [3.05, 3.63) is 71.3 Å². The highest BCUT2D eigenvalue weighted by molar-refractivity contribution is 6.30. The van der Waals surface area contributed by atoms with Crippen LogP contribution in [-0.2, 0) is 21.9 Å². The molecular weight excluding hydrogens is 478 g/mol. The summed E-state index contributed by atoms with van der Waals surface area (Å²) >= 11 is 0. The van der Waals surface area contributed by atoms with Gasteiger partial charge in [-0.15, -0.1) is 0 Å². The molecule has 0 aliphatic carbocycles. The molecule has 2 aliphatic heterocycles. The molecule has 12 heteroatoms. The van der Waals surface area contributed by atoms with Gasteiger partial charge in [-0.2, -0.15) is 46.6 Å². The highest BCUT2D eigenvalue weighted by atomic mass is 19.4. The first-order valence-corrected chi connectivity index (χ1v) is 10.1. The van der Waals surface area contributed by atoms with Gasteiger partial charge >= 0.3 is 12.4 Å². The van der Waals surface area contributed by atoms with Gasteiger partial charge in [0.1, 0.15) is 0 Å². The minimum Gasteiger partial charge on any atom is -0.271 e. The molecule has 0 saturated heterocycles. The smallest absolute Gasteiger partial charge is 0.271 e. The maximum Gasteiger partial charge on any atom is 0.416 e. The fraction of sp³-hybridized carbons (Fsp3) is 0.217. The van der Waals surface area contributed by atoms with Crippen molar-refractivity contribution in [2.24, 2.45) is 16.1 Å². The van der Waals surface area contributed by atoms with Gasteiger partial charge in [0, 0.05) is 0 Å². The number of rotatable bonds is 3. The van der Waals surface area contributed by atoms with Crippen molar-refractivity contribution in [2.45, 2.75) is 26.2 Å². The number of anilines is 2. The van der Waals surface area contributed by atoms with Gasteiger partial charge in [-0.05, 0) is 50.2 Å². The zero-order valence-corrected chi connectivity index (χ0v) is 18.1. The van der Waals surface area contributed by atoms with E-state index in [1.165, 1.54) is 32.1 Å². The summed E-state index contributed by atoms with van der Waals surface area (Å²) in [6.45, 7) is 2.93. The lowest BCUT2D eigenvalue weighted by Crippen LogP contribution is -2.28. The number of alkyl halides is 6. The summed E-state index contributed by atoms with van der Waals surface area (Å²) < 4.78 is 78.4. The third-order valence-corrected chi connectivity index (χ3v) is 5.41. The second kappa shape index (κ2) is 8.36. The van der Waals surface area contributed by atoms with E-state index in [1.54, 1.807) is 0 Å². The lowest BCUT2D eigenvalue weighted by atomic mass is 9.98. The SMILES string of the molecule is CC1=NN(c2cccc(C(F)(F)F)c2)C(=O)/C1=C\C1C(=O)N(c2cccc(C(F)(F)F)c2)N=C1C. The monoisotopic (exact) mass is 494 g/mol. The molecule has 0 aromatic heterocycles. The molecule has 2 heterocycles. The second-order valence-corrected chi connectivity index (χ2v) is 7.85. The summed E-state index contributed by atoms with van der Waals surface area (Å²) in [5, 5.41) is 9.70. The lowest BCUT2D eigenvalue weighted by molar-refractivity contribution is -0.138. The van der Waals surface area contributed by atoms with E-state index in [4.69, 9.17) is 0 Å². The van der Waals surface area contributed by atoms with Crippen molar-refractivity contribution in [2.75, 3.05) is 10.0 Å². The largest absolute Gasteiger partial charge is 0.416 e. The van der Waals surface area contributed by atoms with Crippen LogP contribution in [0.15, 0.2) is 70.4 Å². The van der Waals surface area contributed by atoms with Gasteiger partial charge in [-0.1, -0.05) is 18.2 Å². The molecule has 0 N–H and O–H groups in total. The zero-order chi connectivity index (χ0) is 25.7. The molecule has 6 nitrogen and oxygen atoms in total. The van der Waals surface area contributed by atoms with Crippen LogP contribution in [0.2, 0.25) is 0 Å². The van der Waals surface area contributed by atoms with E-state index >= 15 is 0 Å². The van der Waals surface area contributed by atoms with Gasteiger partial charge in [-0.3, -0.25) is 9.59 Å². The number of hydrogen-bond acceptors (Lipinski definition) is 4. The van der Waals surface area contributed by atoms with Crippen molar-refractivity contribution < 1.29 is 35.9 Å². The summed E-state index contributed by atoms with van der Waals surface area (Å²) in [6.07, 6.45) is -7.97. The first-order chi connectivity index (χ1) is 16.3. The minimum absolute atomic E-state index is 0.0267. The number of carbonyl (C=O) groups excluding carboxylic acids is 2. The van der Waals surface area contributed by atoms with Crippen molar-refractivity contribution in [3.63, 3.8) is 0 Å². The Kier molecular flexibility index (Phi) is 5.78. The van der Waals surface area contributed by atoms with Crippen molar-refractivity contribution in [1.82, 2.24) is 0 Å². The molecule has 0 saturated carbocycles. The molecule has 0 bridgehead atoms. The van der Waals surface area contributed by atoms with Gasteiger partial charge in [-0.25, -0.2) is 0 Å². The van der Waals surface area contributed by atoms with Gasteiger partial charge in [0.05, 0.1) is 45.4 Å². The van der Waals surface area contributed by atoms with E-state index in [0.29, 0.717) is 0 Å². The van der Waals surface area contributed by atoms with Gasteiger partial charge in [0.2, 0.25) is 0 Å². The highest BCUT2D eigenvalue weighted by Crippen LogP contribution is 2.35. The third kappa shape index (κ3) is 4.55. The fourth-order valence-corrected chi connectivity index (χ4v) is 3.64. The number of halogens is 6. The number of carbonyl (C=O) groups is 2. The molecule has 182 valence electrons. The van der Waals surface area contributed by atoms with Crippen LogP contribution in [0.3, 0.4) is 0 Å². The molecular formula is C23H16F6N4O2. The van der Waals surface area contributed by atoms with Crippen LogP contribution >= 0.6 is 0 Å². The zero-order valence-electron chi connectivity index (χ0n) is 18.1. The molecule has 1 unspecified atom stereocenters. The van der Waals surface area contributed by atoms with Crippen LogP contribution in [-0.4, -0.2) is 23.2 Å². The molecule has 2 aliphatic rings. The Morgan fingerprint density at radius 3 is 1.83 bits per heavy atom. The highest BCUT2D eigenvalue weighted by Gasteiger charge is 2.38. The average molecular weight is 494 g/mol.